The second-order valence-electron chi connectivity index (χ2n) is 3.29. The molecular weight excluding hydrogens is 312 g/mol. The Balaban J connectivity index is 2.82. The fourth-order valence-corrected chi connectivity index (χ4v) is 1.92. The van der Waals surface area contributed by atoms with E-state index in [1.165, 1.54) is 6.07 Å². The lowest BCUT2D eigenvalue weighted by Gasteiger charge is -2.09. The van der Waals surface area contributed by atoms with Gasteiger partial charge in [0.05, 0.1) is 11.3 Å². The zero-order valence-electron chi connectivity index (χ0n) is 8.68. The fraction of sp³-hybridized carbons (Fsp3) is 0.222. The van der Waals surface area contributed by atoms with Gasteiger partial charge >= 0.3 is 5.97 Å². The van der Waals surface area contributed by atoms with Crippen LogP contribution in [-0.2, 0) is 10.0 Å². The van der Waals surface area contributed by atoms with Crippen LogP contribution in [0.5, 0.6) is 0 Å². The fourth-order valence-electron chi connectivity index (χ4n) is 1.18. The minimum absolute atomic E-state index is 0.0512. The van der Waals surface area contributed by atoms with Gasteiger partial charge in [-0.25, -0.2) is 18.4 Å². The van der Waals surface area contributed by atoms with Crippen LogP contribution in [0.25, 0.3) is 0 Å². The van der Waals surface area contributed by atoms with E-state index < -0.39 is 16.0 Å². The van der Waals surface area contributed by atoms with Gasteiger partial charge < -0.3 is 10.4 Å². The molecule has 1 rings (SSSR count). The molecule has 0 spiro atoms. The molecule has 0 atom stereocenters. The van der Waals surface area contributed by atoms with Gasteiger partial charge in [-0.3, -0.25) is 0 Å². The average molecular weight is 323 g/mol. The number of anilines is 1. The summed E-state index contributed by atoms with van der Waals surface area (Å²) in [6, 6.07) is 4.58. The SMILES string of the molecule is NS(=O)(=O)CCNc1cc(Br)ccc1C(=O)O. The van der Waals surface area contributed by atoms with E-state index in [1.807, 2.05) is 0 Å². The van der Waals surface area contributed by atoms with E-state index in [0.717, 1.165) is 0 Å². The van der Waals surface area contributed by atoms with E-state index in [1.54, 1.807) is 12.1 Å². The van der Waals surface area contributed by atoms with E-state index in [-0.39, 0.29) is 17.9 Å². The predicted molar refractivity (Wildman–Crippen MR) is 67.6 cm³/mol. The highest BCUT2D eigenvalue weighted by Gasteiger charge is 2.10. The normalized spacial score (nSPS) is 11.2. The Labute approximate surface area is 107 Å². The second-order valence-corrected chi connectivity index (χ2v) is 5.94. The molecule has 1 aromatic carbocycles. The standard InChI is InChI=1S/C9H11BrN2O4S/c10-6-1-2-7(9(13)14)8(5-6)12-3-4-17(11,15)16/h1-2,5,12H,3-4H2,(H,13,14)(H2,11,15,16). The molecule has 0 aliphatic rings. The van der Waals surface area contributed by atoms with Gasteiger partial charge in [0.1, 0.15) is 0 Å². The van der Waals surface area contributed by atoms with Crippen LogP contribution in [0, 0.1) is 0 Å². The summed E-state index contributed by atoms with van der Waals surface area (Å²) in [7, 11) is -3.56. The molecule has 0 saturated heterocycles. The lowest BCUT2D eigenvalue weighted by molar-refractivity contribution is 0.0698. The van der Waals surface area contributed by atoms with E-state index in [2.05, 4.69) is 21.2 Å². The Bertz CT molecular complexity index is 530. The topological polar surface area (TPSA) is 109 Å². The molecule has 0 aliphatic heterocycles. The molecule has 0 fully saturated rings. The zero-order valence-corrected chi connectivity index (χ0v) is 11.1. The zero-order chi connectivity index (χ0) is 13.1. The van der Waals surface area contributed by atoms with Crippen molar-refractivity contribution in [2.75, 3.05) is 17.6 Å². The number of sulfonamides is 1. The van der Waals surface area contributed by atoms with Crippen LogP contribution in [0.3, 0.4) is 0 Å². The van der Waals surface area contributed by atoms with Crippen LogP contribution in [0.15, 0.2) is 22.7 Å². The molecule has 0 bridgehead atoms. The highest BCUT2D eigenvalue weighted by molar-refractivity contribution is 9.10. The summed E-state index contributed by atoms with van der Waals surface area (Å²) >= 11 is 3.20. The lowest BCUT2D eigenvalue weighted by atomic mass is 10.2. The Kier molecular flexibility index (Phi) is 4.49. The van der Waals surface area contributed by atoms with E-state index >= 15 is 0 Å². The third-order valence-corrected chi connectivity index (χ3v) is 3.18. The minimum atomic E-state index is -3.56. The summed E-state index contributed by atoms with van der Waals surface area (Å²) < 4.78 is 22.1. The van der Waals surface area contributed by atoms with Gasteiger partial charge in [0, 0.05) is 16.7 Å². The maximum atomic E-state index is 10.9. The third kappa shape index (κ3) is 4.72. The van der Waals surface area contributed by atoms with Gasteiger partial charge in [-0.15, -0.1) is 0 Å². The first-order chi connectivity index (χ1) is 7.79. The summed E-state index contributed by atoms with van der Waals surface area (Å²) in [6.07, 6.45) is 0. The number of aromatic carboxylic acids is 1. The van der Waals surface area contributed by atoms with Gasteiger partial charge in [0.15, 0.2) is 0 Å². The summed E-state index contributed by atoms with van der Waals surface area (Å²) in [4.78, 5) is 10.9. The van der Waals surface area contributed by atoms with Gasteiger partial charge in [0.25, 0.3) is 0 Å². The van der Waals surface area contributed by atoms with Crippen LogP contribution in [0.1, 0.15) is 10.4 Å². The quantitative estimate of drug-likeness (QED) is 0.744. The summed E-state index contributed by atoms with van der Waals surface area (Å²) in [5.74, 6) is -1.35. The largest absolute Gasteiger partial charge is 0.478 e. The van der Waals surface area contributed by atoms with Crippen molar-refractivity contribution >= 4 is 37.6 Å². The second kappa shape index (κ2) is 5.48. The number of nitrogens with one attached hydrogen (secondary N) is 1. The number of halogens is 1. The Morgan fingerprint density at radius 1 is 1.47 bits per heavy atom. The third-order valence-electron chi connectivity index (χ3n) is 1.91. The molecule has 0 aromatic heterocycles. The van der Waals surface area contributed by atoms with Crippen molar-refractivity contribution in [2.45, 2.75) is 0 Å². The van der Waals surface area contributed by atoms with Gasteiger partial charge in [-0.2, -0.15) is 0 Å². The smallest absolute Gasteiger partial charge is 0.337 e. The van der Waals surface area contributed by atoms with Gasteiger partial charge in [-0.1, -0.05) is 15.9 Å². The summed E-state index contributed by atoms with van der Waals surface area (Å²) in [6.45, 7) is 0.0512. The number of hydrogen-bond acceptors (Lipinski definition) is 4. The molecule has 94 valence electrons. The Morgan fingerprint density at radius 3 is 2.65 bits per heavy atom. The number of benzene rings is 1. The Hall–Kier alpha value is -1.12. The van der Waals surface area contributed by atoms with E-state index in [4.69, 9.17) is 10.2 Å². The van der Waals surface area contributed by atoms with Gasteiger partial charge in [0.2, 0.25) is 10.0 Å². The van der Waals surface area contributed by atoms with Crippen LogP contribution in [0.4, 0.5) is 5.69 Å². The lowest BCUT2D eigenvalue weighted by Crippen LogP contribution is -2.22. The maximum absolute atomic E-state index is 10.9. The van der Waals surface area contributed by atoms with Crippen molar-refractivity contribution in [3.8, 4) is 0 Å². The number of carboxylic acids is 1. The number of carboxylic acid groups (broad SMARTS) is 1. The molecule has 4 N–H and O–H groups in total. The molecule has 1 aromatic rings. The van der Waals surface area contributed by atoms with Crippen molar-refractivity contribution in [1.82, 2.24) is 0 Å². The molecule has 8 heteroatoms. The number of carbonyl (C=O) groups is 1. The van der Waals surface area contributed by atoms with Crippen LogP contribution < -0.4 is 10.5 Å². The molecule has 0 aliphatic carbocycles. The van der Waals surface area contributed by atoms with E-state index in [0.29, 0.717) is 10.2 Å². The average Bonchev–Trinajstić information content (AvgIpc) is 2.15. The molecular formula is C9H11BrN2O4S. The van der Waals surface area contributed by atoms with Crippen molar-refractivity contribution in [2.24, 2.45) is 5.14 Å². The van der Waals surface area contributed by atoms with Crippen LogP contribution in [0.2, 0.25) is 0 Å². The minimum Gasteiger partial charge on any atom is -0.478 e. The van der Waals surface area contributed by atoms with Crippen LogP contribution >= 0.6 is 15.9 Å². The summed E-state index contributed by atoms with van der Waals surface area (Å²) in [5.41, 5.74) is 0.415. The number of primary sulfonamides is 1. The molecule has 0 radical (unpaired) electrons. The predicted octanol–water partition coefficient (Wildman–Crippen LogP) is 0.848. The van der Waals surface area contributed by atoms with Crippen molar-refractivity contribution in [3.63, 3.8) is 0 Å². The number of hydrogen-bond donors (Lipinski definition) is 3. The molecule has 6 nitrogen and oxygen atoms in total. The Morgan fingerprint density at radius 2 is 2.12 bits per heavy atom. The van der Waals surface area contributed by atoms with E-state index in [9.17, 15) is 13.2 Å². The monoisotopic (exact) mass is 322 g/mol. The van der Waals surface area contributed by atoms with Crippen molar-refractivity contribution in [3.05, 3.63) is 28.2 Å². The number of nitrogens with two attached hydrogens (primary N) is 1. The first-order valence-corrected chi connectivity index (χ1v) is 7.07. The molecule has 17 heavy (non-hydrogen) atoms. The molecule has 0 saturated carbocycles. The highest BCUT2D eigenvalue weighted by atomic mass is 79.9. The summed E-state index contributed by atoms with van der Waals surface area (Å²) in [5, 5.41) is 16.5. The van der Waals surface area contributed by atoms with Gasteiger partial charge in [-0.05, 0) is 18.2 Å². The van der Waals surface area contributed by atoms with Crippen LogP contribution in [-0.4, -0.2) is 31.8 Å². The molecule has 0 amide bonds. The van der Waals surface area contributed by atoms with Crippen molar-refractivity contribution in [1.29, 1.82) is 0 Å². The first-order valence-electron chi connectivity index (χ1n) is 4.57. The first kappa shape index (κ1) is 13.9. The molecule has 0 unspecified atom stereocenters. The van der Waals surface area contributed by atoms with Crippen molar-refractivity contribution < 1.29 is 18.3 Å². The molecule has 0 heterocycles. The number of rotatable bonds is 5. The highest BCUT2D eigenvalue weighted by Crippen LogP contribution is 2.21. The maximum Gasteiger partial charge on any atom is 0.337 e.